The zero-order valence-corrected chi connectivity index (χ0v) is 15.9. The zero-order chi connectivity index (χ0) is 19.9. The van der Waals surface area contributed by atoms with E-state index in [1.54, 1.807) is 18.2 Å². The van der Waals surface area contributed by atoms with E-state index in [4.69, 9.17) is 0 Å². The van der Waals surface area contributed by atoms with Crippen LogP contribution in [0.25, 0.3) is 11.3 Å². The molecule has 0 bridgehead atoms. The summed E-state index contributed by atoms with van der Waals surface area (Å²) in [5, 5.41) is 17.7. The molecule has 0 radical (unpaired) electrons. The number of hydrogen-bond acceptors (Lipinski definition) is 6. The predicted octanol–water partition coefficient (Wildman–Crippen LogP) is 4.87. The van der Waals surface area contributed by atoms with Crippen molar-refractivity contribution >= 4 is 17.5 Å². The van der Waals surface area contributed by atoms with E-state index in [0.29, 0.717) is 23.9 Å². The molecular weight excluding hydrogens is 354 g/mol. The number of nitro benzene ring substituents is 1. The summed E-state index contributed by atoms with van der Waals surface area (Å²) in [4.78, 5) is 20.0. The van der Waals surface area contributed by atoms with Gasteiger partial charge in [-0.25, -0.2) is 4.98 Å². The van der Waals surface area contributed by atoms with Crippen LogP contribution in [0.2, 0.25) is 0 Å². The van der Waals surface area contributed by atoms with Gasteiger partial charge in [0.15, 0.2) is 0 Å². The Bertz CT molecular complexity index is 947. The number of anilines is 2. The van der Waals surface area contributed by atoms with Crippen LogP contribution in [0.4, 0.5) is 17.5 Å². The molecule has 7 nitrogen and oxygen atoms in total. The summed E-state index contributed by atoms with van der Waals surface area (Å²) in [5.41, 5.74) is 2.45. The van der Waals surface area contributed by atoms with Crippen molar-refractivity contribution in [1.29, 1.82) is 0 Å². The summed E-state index contributed by atoms with van der Waals surface area (Å²) in [7, 11) is 0. The smallest absolute Gasteiger partial charge is 0.274 e. The largest absolute Gasteiger partial charge is 0.366 e. The summed E-state index contributed by atoms with van der Waals surface area (Å²) in [5.74, 6) is 1.14. The molecular formula is C21H23N5O2. The number of nitrogens with zero attached hydrogens (tertiary/aromatic N) is 3. The topological polar surface area (TPSA) is 93.0 Å². The van der Waals surface area contributed by atoms with Gasteiger partial charge in [-0.2, -0.15) is 4.98 Å². The Labute approximate surface area is 164 Å². The highest BCUT2D eigenvalue weighted by Crippen LogP contribution is 2.23. The van der Waals surface area contributed by atoms with Crippen molar-refractivity contribution in [3.8, 4) is 11.3 Å². The molecule has 3 aromatic rings. The standard InChI is InChI=1S/C21H23N5O2/c1-3-15(2)23-21-24-18(16-9-5-4-6-10-16)13-20(25-21)22-14-17-11-7-8-12-19(17)26(27)28/h4-13,15H,3,14H2,1-2H3,(H2,22,23,24,25)/t15-/m0/s1. The van der Waals surface area contributed by atoms with Gasteiger partial charge in [-0.1, -0.05) is 55.5 Å². The fourth-order valence-corrected chi connectivity index (χ4v) is 2.71. The molecule has 7 heteroatoms. The fraction of sp³-hybridized carbons (Fsp3) is 0.238. The van der Waals surface area contributed by atoms with Crippen LogP contribution in [0, 0.1) is 10.1 Å². The molecule has 0 saturated heterocycles. The van der Waals surface area contributed by atoms with Gasteiger partial charge in [-0.15, -0.1) is 0 Å². The molecule has 2 N–H and O–H groups in total. The third kappa shape index (κ3) is 4.82. The monoisotopic (exact) mass is 377 g/mol. The van der Waals surface area contributed by atoms with Crippen molar-refractivity contribution in [2.45, 2.75) is 32.9 Å². The minimum absolute atomic E-state index is 0.0882. The molecule has 2 aromatic carbocycles. The first-order valence-corrected chi connectivity index (χ1v) is 9.24. The molecule has 3 rings (SSSR count). The van der Waals surface area contributed by atoms with Gasteiger partial charge in [-0.3, -0.25) is 10.1 Å². The summed E-state index contributed by atoms with van der Waals surface area (Å²) in [6.45, 7) is 4.45. The lowest BCUT2D eigenvalue weighted by Crippen LogP contribution is -2.16. The Morgan fingerprint density at radius 2 is 1.79 bits per heavy atom. The first kappa shape index (κ1) is 19.3. The van der Waals surface area contributed by atoms with Crippen molar-refractivity contribution in [1.82, 2.24) is 9.97 Å². The van der Waals surface area contributed by atoms with Crippen LogP contribution < -0.4 is 10.6 Å². The molecule has 0 spiro atoms. The Balaban J connectivity index is 1.89. The summed E-state index contributed by atoms with van der Waals surface area (Å²) < 4.78 is 0. The summed E-state index contributed by atoms with van der Waals surface area (Å²) in [6, 6.07) is 18.6. The van der Waals surface area contributed by atoms with E-state index in [-0.39, 0.29) is 16.7 Å². The predicted molar refractivity (Wildman–Crippen MR) is 111 cm³/mol. The Hall–Kier alpha value is -3.48. The molecule has 0 aliphatic carbocycles. The molecule has 0 aliphatic heterocycles. The van der Waals surface area contributed by atoms with Crippen molar-refractivity contribution in [3.05, 3.63) is 76.3 Å². The lowest BCUT2D eigenvalue weighted by atomic mass is 10.1. The average Bonchev–Trinajstić information content (AvgIpc) is 2.72. The van der Waals surface area contributed by atoms with Crippen LogP contribution in [-0.4, -0.2) is 20.9 Å². The maximum absolute atomic E-state index is 11.2. The van der Waals surface area contributed by atoms with Crippen molar-refractivity contribution < 1.29 is 4.92 Å². The SMILES string of the molecule is CC[C@H](C)Nc1nc(NCc2ccccc2[N+](=O)[O-])cc(-c2ccccc2)n1. The molecule has 0 aliphatic rings. The molecule has 1 atom stereocenters. The lowest BCUT2D eigenvalue weighted by Gasteiger charge is -2.14. The molecule has 28 heavy (non-hydrogen) atoms. The number of nitro groups is 1. The van der Waals surface area contributed by atoms with Gasteiger partial charge in [0.2, 0.25) is 5.95 Å². The fourth-order valence-electron chi connectivity index (χ4n) is 2.71. The van der Waals surface area contributed by atoms with Crippen LogP contribution in [0.5, 0.6) is 0 Å². The number of benzene rings is 2. The van der Waals surface area contributed by atoms with E-state index < -0.39 is 0 Å². The van der Waals surface area contributed by atoms with E-state index in [9.17, 15) is 10.1 Å². The Kier molecular flexibility index (Phi) is 6.16. The van der Waals surface area contributed by atoms with Gasteiger partial charge >= 0.3 is 0 Å². The maximum Gasteiger partial charge on any atom is 0.274 e. The average molecular weight is 377 g/mol. The quantitative estimate of drug-likeness (QED) is 0.429. The normalized spacial score (nSPS) is 11.6. The number of hydrogen-bond donors (Lipinski definition) is 2. The van der Waals surface area contributed by atoms with Crippen molar-refractivity contribution in [3.63, 3.8) is 0 Å². The third-order valence-corrected chi connectivity index (χ3v) is 4.43. The van der Waals surface area contributed by atoms with Crippen LogP contribution in [0.3, 0.4) is 0 Å². The number of nitrogens with one attached hydrogen (secondary N) is 2. The van der Waals surface area contributed by atoms with Crippen molar-refractivity contribution in [2.75, 3.05) is 10.6 Å². The first-order chi connectivity index (χ1) is 13.6. The Morgan fingerprint density at radius 1 is 1.07 bits per heavy atom. The highest BCUT2D eigenvalue weighted by molar-refractivity contribution is 5.64. The van der Waals surface area contributed by atoms with E-state index >= 15 is 0 Å². The molecule has 0 unspecified atom stereocenters. The highest BCUT2D eigenvalue weighted by Gasteiger charge is 2.13. The second-order valence-electron chi connectivity index (χ2n) is 6.52. The second kappa shape index (κ2) is 8.94. The van der Waals surface area contributed by atoms with E-state index in [0.717, 1.165) is 17.7 Å². The molecule has 0 fully saturated rings. The molecule has 0 amide bonds. The van der Waals surface area contributed by atoms with Gasteiger partial charge in [0.1, 0.15) is 5.82 Å². The molecule has 144 valence electrons. The van der Waals surface area contributed by atoms with Crippen LogP contribution in [0.1, 0.15) is 25.8 Å². The summed E-state index contributed by atoms with van der Waals surface area (Å²) >= 11 is 0. The molecule has 0 saturated carbocycles. The highest BCUT2D eigenvalue weighted by atomic mass is 16.6. The van der Waals surface area contributed by atoms with E-state index in [2.05, 4.69) is 34.4 Å². The lowest BCUT2D eigenvalue weighted by molar-refractivity contribution is -0.385. The van der Waals surface area contributed by atoms with Gasteiger partial charge in [-0.05, 0) is 13.3 Å². The first-order valence-electron chi connectivity index (χ1n) is 9.24. The second-order valence-corrected chi connectivity index (χ2v) is 6.52. The summed E-state index contributed by atoms with van der Waals surface area (Å²) in [6.07, 6.45) is 0.942. The minimum atomic E-state index is -0.373. The number of aromatic nitrogens is 2. The number of para-hydroxylation sites is 1. The van der Waals surface area contributed by atoms with Gasteiger partial charge < -0.3 is 10.6 Å². The van der Waals surface area contributed by atoms with E-state index in [1.807, 2.05) is 36.4 Å². The van der Waals surface area contributed by atoms with E-state index in [1.165, 1.54) is 6.07 Å². The number of rotatable bonds is 8. The van der Waals surface area contributed by atoms with Crippen LogP contribution >= 0.6 is 0 Å². The maximum atomic E-state index is 11.2. The van der Waals surface area contributed by atoms with Crippen LogP contribution in [-0.2, 0) is 6.54 Å². The molecule has 1 heterocycles. The van der Waals surface area contributed by atoms with Gasteiger partial charge in [0.05, 0.1) is 10.6 Å². The van der Waals surface area contributed by atoms with Crippen LogP contribution in [0.15, 0.2) is 60.7 Å². The zero-order valence-electron chi connectivity index (χ0n) is 15.9. The molecule has 1 aromatic heterocycles. The van der Waals surface area contributed by atoms with Gasteiger partial charge in [0, 0.05) is 35.8 Å². The third-order valence-electron chi connectivity index (χ3n) is 4.43. The van der Waals surface area contributed by atoms with Crippen molar-refractivity contribution in [2.24, 2.45) is 0 Å². The van der Waals surface area contributed by atoms with Gasteiger partial charge in [0.25, 0.3) is 5.69 Å². The minimum Gasteiger partial charge on any atom is -0.366 e. The Morgan fingerprint density at radius 3 is 2.50 bits per heavy atom.